The molecule has 2 nitrogen and oxygen atoms in total. The van der Waals surface area contributed by atoms with Gasteiger partial charge in [-0.05, 0) is 49.9 Å². The van der Waals surface area contributed by atoms with Crippen molar-refractivity contribution >= 4 is 0 Å². The first-order chi connectivity index (χ1) is 9.86. The Hall–Kier alpha value is -1.78. The summed E-state index contributed by atoms with van der Waals surface area (Å²) in [6, 6.07) is 6.58. The third-order valence-corrected chi connectivity index (χ3v) is 3.81. The minimum atomic E-state index is -0.850. The van der Waals surface area contributed by atoms with Gasteiger partial charge in [0.1, 0.15) is 0 Å². The van der Waals surface area contributed by atoms with Crippen molar-refractivity contribution in [1.29, 1.82) is 0 Å². The van der Waals surface area contributed by atoms with Gasteiger partial charge in [0.05, 0.1) is 6.04 Å². The fourth-order valence-corrected chi connectivity index (χ4v) is 2.86. The predicted molar refractivity (Wildman–Crippen MR) is 80.9 cm³/mol. The lowest BCUT2D eigenvalue weighted by molar-refractivity contribution is 0.478. The lowest BCUT2D eigenvalue weighted by Gasteiger charge is -2.23. The van der Waals surface area contributed by atoms with Gasteiger partial charge >= 0.3 is 0 Å². The van der Waals surface area contributed by atoms with Gasteiger partial charge in [0.2, 0.25) is 0 Å². The zero-order chi connectivity index (χ0) is 15.7. The van der Waals surface area contributed by atoms with E-state index in [4.69, 9.17) is 5.84 Å². The Morgan fingerprint density at radius 1 is 0.905 bits per heavy atom. The number of nitrogens with one attached hydrogen (secondary N) is 1. The fraction of sp³-hybridized carbons (Fsp3) is 0.294. The van der Waals surface area contributed by atoms with Crippen LogP contribution in [0.3, 0.4) is 0 Å². The molecule has 0 amide bonds. The van der Waals surface area contributed by atoms with Gasteiger partial charge in [-0.25, -0.2) is 14.2 Å². The number of hydrazine groups is 1. The largest absolute Gasteiger partial charge is 0.271 e. The van der Waals surface area contributed by atoms with Gasteiger partial charge in [-0.3, -0.25) is 5.84 Å². The molecule has 0 radical (unpaired) electrons. The van der Waals surface area contributed by atoms with Crippen molar-refractivity contribution in [3.8, 4) is 0 Å². The first-order valence-electron chi connectivity index (χ1n) is 6.85. The predicted octanol–water partition coefficient (Wildman–Crippen LogP) is 3.75. The molecular formula is C17H20F2N2. The third-order valence-electron chi connectivity index (χ3n) is 3.81. The van der Waals surface area contributed by atoms with Crippen LogP contribution in [0.25, 0.3) is 0 Å². The van der Waals surface area contributed by atoms with E-state index in [1.165, 1.54) is 6.92 Å². The molecule has 21 heavy (non-hydrogen) atoms. The topological polar surface area (TPSA) is 38.0 Å². The van der Waals surface area contributed by atoms with Crippen molar-refractivity contribution in [2.45, 2.75) is 33.7 Å². The molecule has 2 aromatic carbocycles. The van der Waals surface area contributed by atoms with Gasteiger partial charge in [0.15, 0.2) is 11.6 Å². The van der Waals surface area contributed by atoms with E-state index in [0.29, 0.717) is 0 Å². The summed E-state index contributed by atoms with van der Waals surface area (Å²) in [4.78, 5) is 0. The van der Waals surface area contributed by atoms with Gasteiger partial charge in [-0.15, -0.1) is 0 Å². The van der Waals surface area contributed by atoms with Crippen LogP contribution in [0.2, 0.25) is 0 Å². The molecule has 0 fully saturated rings. The van der Waals surface area contributed by atoms with E-state index in [1.54, 1.807) is 12.1 Å². The Labute approximate surface area is 124 Å². The zero-order valence-electron chi connectivity index (χ0n) is 12.7. The maximum absolute atomic E-state index is 14.3. The summed E-state index contributed by atoms with van der Waals surface area (Å²) >= 11 is 0. The van der Waals surface area contributed by atoms with Gasteiger partial charge < -0.3 is 0 Å². The molecule has 0 aliphatic heterocycles. The smallest absolute Gasteiger partial charge is 0.164 e. The number of aryl methyl sites for hydroxylation is 4. The average molecular weight is 290 g/mol. The van der Waals surface area contributed by atoms with E-state index < -0.39 is 17.7 Å². The van der Waals surface area contributed by atoms with Crippen molar-refractivity contribution in [3.05, 3.63) is 69.3 Å². The number of halogens is 2. The molecule has 0 heterocycles. The van der Waals surface area contributed by atoms with E-state index in [0.717, 1.165) is 22.3 Å². The number of hydrogen-bond acceptors (Lipinski definition) is 2. The summed E-state index contributed by atoms with van der Waals surface area (Å²) in [5.74, 6) is 3.96. The average Bonchev–Trinajstić information content (AvgIpc) is 2.41. The molecule has 0 saturated heterocycles. The molecule has 1 unspecified atom stereocenters. The molecule has 0 spiro atoms. The molecule has 1 atom stereocenters. The first kappa shape index (κ1) is 15.6. The summed E-state index contributed by atoms with van der Waals surface area (Å²) in [6.07, 6.45) is 0. The summed E-state index contributed by atoms with van der Waals surface area (Å²) in [6.45, 7) is 7.43. The second-order valence-corrected chi connectivity index (χ2v) is 5.51. The first-order valence-corrected chi connectivity index (χ1v) is 6.85. The molecule has 0 aliphatic carbocycles. The third kappa shape index (κ3) is 2.82. The quantitative estimate of drug-likeness (QED) is 0.667. The second-order valence-electron chi connectivity index (χ2n) is 5.51. The van der Waals surface area contributed by atoms with Crippen molar-refractivity contribution in [2.75, 3.05) is 0 Å². The minimum absolute atomic E-state index is 0.218. The SMILES string of the molecule is Cc1cc(C)c(C(NN)c2ccc(C)c(F)c2F)c(C)c1. The van der Waals surface area contributed by atoms with E-state index in [1.807, 2.05) is 32.9 Å². The number of nitrogens with two attached hydrogens (primary N) is 1. The number of benzene rings is 2. The Morgan fingerprint density at radius 2 is 1.48 bits per heavy atom. The van der Waals surface area contributed by atoms with Crippen molar-refractivity contribution < 1.29 is 8.78 Å². The Bertz CT molecular complexity index is 658. The van der Waals surface area contributed by atoms with Crippen LogP contribution in [-0.2, 0) is 0 Å². The van der Waals surface area contributed by atoms with Crippen LogP contribution >= 0.6 is 0 Å². The molecule has 2 aromatic rings. The molecule has 0 saturated carbocycles. The van der Waals surface area contributed by atoms with E-state index in [-0.39, 0.29) is 11.1 Å². The Balaban J connectivity index is 2.64. The number of rotatable bonds is 3. The van der Waals surface area contributed by atoms with Crippen molar-refractivity contribution in [1.82, 2.24) is 5.43 Å². The maximum Gasteiger partial charge on any atom is 0.164 e. The molecule has 112 valence electrons. The fourth-order valence-electron chi connectivity index (χ4n) is 2.86. The summed E-state index contributed by atoms with van der Waals surface area (Å²) < 4.78 is 28.1. The number of hydrogen-bond donors (Lipinski definition) is 2. The maximum atomic E-state index is 14.3. The molecule has 0 aromatic heterocycles. The highest BCUT2D eigenvalue weighted by Crippen LogP contribution is 2.31. The standard InChI is InChI=1S/C17H20F2N2/c1-9-7-11(3)14(12(4)8-9)17(21-20)13-6-5-10(2)15(18)16(13)19/h5-8,17,21H,20H2,1-4H3. The van der Waals surface area contributed by atoms with Crippen LogP contribution in [0.4, 0.5) is 8.78 Å². The van der Waals surface area contributed by atoms with Gasteiger partial charge in [0.25, 0.3) is 0 Å². The highest BCUT2D eigenvalue weighted by molar-refractivity contribution is 5.45. The van der Waals surface area contributed by atoms with Crippen molar-refractivity contribution in [2.24, 2.45) is 5.84 Å². The summed E-state index contributed by atoms with van der Waals surface area (Å²) in [7, 11) is 0. The lowest BCUT2D eigenvalue weighted by atomic mass is 9.89. The molecule has 3 N–H and O–H groups in total. The van der Waals surface area contributed by atoms with Gasteiger partial charge in [-0.2, -0.15) is 0 Å². The minimum Gasteiger partial charge on any atom is -0.271 e. The van der Waals surface area contributed by atoms with Crippen LogP contribution in [0.15, 0.2) is 24.3 Å². The summed E-state index contributed by atoms with van der Waals surface area (Å²) in [5, 5.41) is 0. The van der Waals surface area contributed by atoms with Crippen molar-refractivity contribution in [3.63, 3.8) is 0 Å². The summed E-state index contributed by atoms with van der Waals surface area (Å²) in [5.41, 5.74) is 7.11. The molecule has 0 aliphatic rings. The van der Waals surface area contributed by atoms with Crippen LogP contribution in [0.1, 0.15) is 39.4 Å². The molecule has 0 bridgehead atoms. The Kier molecular flexibility index (Phi) is 4.40. The van der Waals surface area contributed by atoms with Crippen LogP contribution < -0.4 is 11.3 Å². The van der Waals surface area contributed by atoms with E-state index >= 15 is 0 Å². The second kappa shape index (κ2) is 5.92. The van der Waals surface area contributed by atoms with Gasteiger partial charge in [-0.1, -0.05) is 29.8 Å². The van der Waals surface area contributed by atoms with Crippen LogP contribution in [0, 0.1) is 39.3 Å². The molecule has 2 rings (SSSR count). The highest BCUT2D eigenvalue weighted by Gasteiger charge is 2.23. The van der Waals surface area contributed by atoms with Gasteiger partial charge in [0, 0.05) is 5.56 Å². The van der Waals surface area contributed by atoms with Crippen LogP contribution in [-0.4, -0.2) is 0 Å². The Morgan fingerprint density at radius 3 is 2.00 bits per heavy atom. The molecular weight excluding hydrogens is 270 g/mol. The van der Waals surface area contributed by atoms with E-state index in [9.17, 15) is 8.78 Å². The van der Waals surface area contributed by atoms with Crippen LogP contribution in [0.5, 0.6) is 0 Å². The monoisotopic (exact) mass is 290 g/mol. The normalized spacial score (nSPS) is 12.5. The lowest BCUT2D eigenvalue weighted by Crippen LogP contribution is -2.31. The molecule has 4 heteroatoms. The zero-order valence-corrected chi connectivity index (χ0v) is 12.7. The highest BCUT2D eigenvalue weighted by atomic mass is 19.2. The van der Waals surface area contributed by atoms with E-state index in [2.05, 4.69) is 5.43 Å².